The van der Waals surface area contributed by atoms with Crippen molar-refractivity contribution >= 4 is 11.6 Å². The van der Waals surface area contributed by atoms with Crippen molar-refractivity contribution in [3.8, 4) is 5.69 Å². The first kappa shape index (κ1) is 22.8. The fourth-order valence-corrected chi connectivity index (χ4v) is 3.95. The second-order valence-electron chi connectivity index (χ2n) is 8.44. The van der Waals surface area contributed by atoms with Crippen molar-refractivity contribution in [2.75, 3.05) is 11.9 Å². The Labute approximate surface area is 185 Å². The predicted molar refractivity (Wildman–Crippen MR) is 128 cm³/mol. The summed E-state index contributed by atoms with van der Waals surface area (Å²) in [6.07, 6.45) is 2.24. The fraction of sp³-hybridized carbons (Fsp3) is 0.385. The van der Waals surface area contributed by atoms with Crippen LogP contribution in [0, 0.1) is 19.8 Å². The maximum Gasteiger partial charge on any atom is 0.238 e. The minimum Gasteiger partial charge on any atom is -0.322 e. The zero-order chi connectivity index (χ0) is 22.4. The molecule has 0 bridgehead atoms. The monoisotopic (exact) mass is 418 g/mol. The summed E-state index contributed by atoms with van der Waals surface area (Å²) >= 11 is 0. The van der Waals surface area contributed by atoms with Gasteiger partial charge in [-0.2, -0.15) is 5.10 Å². The lowest BCUT2D eigenvalue weighted by atomic mass is 9.94. The number of aromatic nitrogens is 2. The molecule has 0 spiro atoms. The lowest BCUT2D eigenvalue weighted by Crippen LogP contribution is -2.33. The molecule has 31 heavy (non-hydrogen) atoms. The molecule has 0 fully saturated rings. The van der Waals surface area contributed by atoms with Gasteiger partial charge in [-0.15, -0.1) is 0 Å². The Morgan fingerprint density at radius 2 is 1.71 bits per heavy atom. The Kier molecular flexibility index (Phi) is 7.64. The minimum atomic E-state index is -0.0629. The summed E-state index contributed by atoms with van der Waals surface area (Å²) < 4.78 is 1.87. The second kappa shape index (κ2) is 10.4. The second-order valence-corrected chi connectivity index (χ2v) is 8.44. The Morgan fingerprint density at radius 3 is 2.32 bits per heavy atom. The van der Waals surface area contributed by atoms with Gasteiger partial charge in [-0.05, 0) is 49.4 Å². The lowest BCUT2D eigenvalue weighted by molar-refractivity contribution is -0.115. The van der Waals surface area contributed by atoms with Crippen LogP contribution >= 0.6 is 0 Å². The third-order valence-corrected chi connectivity index (χ3v) is 5.58. The molecule has 0 radical (unpaired) electrons. The van der Waals surface area contributed by atoms with Crippen LogP contribution in [0.15, 0.2) is 54.6 Å². The maximum atomic E-state index is 12.7. The molecular weight excluding hydrogens is 384 g/mol. The van der Waals surface area contributed by atoms with Crippen molar-refractivity contribution in [2.45, 2.75) is 53.5 Å². The van der Waals surface area contributed by atoms with E-state index >= 15 is 0 Å². The van der Waals surface area contributed by atoms with E-state index in [2.05, 4.69) is 60.8 Å². The molecule has 0 aliphatic carbocycles. The van der Waals surface area contributed by atoms with Gasteiger partial charge in [0.15, 0.2) is 0 Å². The van der Waals surface area contributed by atoms with E-state index in [-0.39, 0.29) is 18.5 Å². The molecule has 3 rings (SSSR count). The van der Waals surface area contributed by atoms with Crippen molar-refractivity contribution < 1.29 is 4.79 Å². The molecule has 1 aromatic heterocycles. The first-order chi connectivity index (χ1) is 14.9. The van der Waals surface area contributed by atoms with E-state index in [0.29, 0.717) is 5.92 Å². The number of benzene rings is 2. The smallest absolute Gasteiger partial charge is 0.238 e. The van der Waals surface area contributed by atoms with Gasteiger partial charge in [0.05, 0.1) is 29.3 Å². The van der Waals surface area contributed by atoms with Crippen molar-refractivity contribution in [2.24, 2.45) is 5.92 Å². The number of nitrogens with zero attached hydrogens (tertiary/aromatic N) is 2. The minimum absolute atomic E-state index is 0.0629. The molecule has 0 aliphatic rings. The van der Waals surface area contributed by atoms with Gasteiger partial charge < -0.3 is 10.6 Å². The van der Waals surface area contributed by atoms with E-state index in [1.165, 1.54) is 11.1 Å². The first-order valence-corrected chi connectivity index (χ1v) is 11.1. The molecule has 3 aromatic rings. The SMILES string of the molecule is CCCc1ccc([C@H](NCC(=O)Nc2c(C)nn(-c3ccccc3)c2C)C(C)C)cc1. The van der Waals surface area contributed by atoms with Crippen LogP contribution in [0.3, 0.4) is 0 Å². The number of nitrogens with one attached hydrogen (secondary N) is 2. The molecule has 1 heterocycles. The average Bonchev–Trinajstić information content (AvgIpc) is 3.04. The summed E-state index contributed by atoms with van der Waals surface area (Å²) in [4.78, 5) is 12.7. The number of para-hydroxylation sites is 1. The maximum absolute atomic E-state index is 12.7. The molecule has 0 saturated carbocycles. The Bertz CT molecular complexity index is 990. The molecule has 1 amide bonds. The Balaban J connectivity index is 1.67. The Morgan fingerprint density at radius 1 is 1.03 bits per heavy atom. The summed E-state index contributed by atoms with van der Waals surface area (Å²) in [6, 6.07) is 18.8. The number of carbonyl (C=O) groups excluding carboxylic acids is 1. The molecule has 5 heteroatoms. The van der Waals surface area contributed by atoms with Gasteiger partial charge in [-0.1, -0.05) is 69.7 Å². The lowest BCUT2D eigenvalue weighted by Gasteiger charge is -2.23. The summed E-state index contributed by atoms with van der Waals surface area (Å²) in [6.45, 7) is 10.7. The van der Waals surface area contributed by atoms with E-state index in [1.807, 2.05) is 48.9 Å². The average molecular weight is 419 g/mol. The fourth-order valence-electron chi connectivity index (χ4n) is 3.95. The number of hydrogen-bond acceptors (Lipinski definition) is 3. The standard InChI is InChI=1S/C26H34N4O/c1-6-10-21-13-15-22(16-14-21)25(18(2)3)27-17-24(31)28-26-19(4)29-30(20(26)5)23-11-8-7-9-12-23/h7-9,11-16,18,25,27H,6,10,17H2,1-5H3,(H,28,31)/t25-/m1/s1. The van der Waals surface area contributed by atoms with Crippen molar-refractivity contribution in [3.63, 3.8) is 0 Å². The van der Waals surface area contributed by atoms with Crippen LogP contribution in [-0.2, 0) is 11.2 Å². The molecule has 0 aliphatic heterocycles. The number of anilines is 1. The molecule has 2 aromatic carbocycles. The molecule has 164 valence electrons. The largest absolute Gasteiger partial charge is 0.322 e. The van der Waals surface area contributed by atoms with Crippen LogP contribution in [0.25, 0.3) is 5.69 Å². The van der Waals surface area contributed by atoms with Gasteiger partial charge in [0.25, 0.3) is 0 Å². The quantitative estimate of drug-likeness (QED) is 0.491. The normalized spacial score (nSPS) is 12.2. The number of rotatable bonds is 9. The van der Waals surface area contributed by atoms with Gasteiger partial charge in [0.2, 0.25) is 5.91 Å². The van der Waals surface area contributed by atoms with Gasteiger partial charge >= 0.3 is 0 Å². The summed E-state index contributed by atoms with van der Waals surface area (Å²) in [7, 11) is 0. The van der Waals surface area contributed by atoms with Crippen LogP contribution < -0.4 is 10.6 Å². The molecular formula is C26H34N4O. The zero-order valence-electron chi connectivity index (χ0n) is 19.3. The summed E-state index contributed by atoms with van der Waals surface area (Å²) in [5.41, 5.74) is 6.05. The zero-order valence-corrected chi connectivity index (χ0v) is 19.3. The Hall–Kier alpha value is -2.92. The van der Waals surface area contributed by atoms with E-state index in [4.69, 9.17) is 0 Å². The number of aryl methyl sites for hydroxylation is 2. The predicted octanol–water partition coefficient (Wildman–Crippen LogP) is 5.37. The third-order valence-electron chi connectivity index (χ3n) is 5.58. The van der Waals surface area contributed by atoms with Gasteiger partial charge in [0.1, 0.15) is 0 Å². The van der Waals surface area contributed by atoms with E-state index < -0.39 is 0 Å². The van der Waals surface area contributed by atoms with Gasteiger partial charge in [-0.25, -0.2) is 4.68 Å². The highest BCUT2D eigenvalue weighted by molar-refractivity contribution is 5.93. The molecule has 0 unspecified atom stereocenters. The summed E-state index contributed by atoms with van der Waals surface area (Å²) in [5.74, 6) is 0.307. The number of carbonyl (C=O) groups is 1. The van der Waals surface area contributed by atoms with Crippen LogP contribution in [-0.4, -0.2) is 22.2 Å². The van der Waals surface area contributed by atoms with Crippen molar-refractivity contribution in [1.29, 1.82) is 0 Å². The molecule has 2 N–H and O–H groups in total. The van der Waals surface area contributed by atoms with Crippen LogP contribution in [0.1, 0.15) is 55.7 Å². The van der Waals surface area contributed by atoms with E-state index in [1.54, 1.807) is 0 Å². The highest BCUT2D eigenvalue weighted by atomic mass is 16.1. The number of amides is 1. The van der Waals surface area contributed by atoms with Crippen molar-refractivity contribution in [1.82, 2.24) is 15.1 Å². The van der Waals surface area contributed by atoms with Crippen LogP contribution in [0.4, 0.5) is 5.69 Å². The summed E-state index contributed by atoms with van der Waals surface area (Å²) in [5, 5.41) is 11.1. The first-order valence-electron chi connectivity index (χ1n) is 11.1. The van der Waals surface area contributed by atoms with Gasteiger partial charge in [-0.3, -0.25) is 4.79 Å². The topological polar surface area (TPSA) is 59.0 Å². The van der Waals surface area contributed by atoms with E-state index in [9.17, 15) is 4.79 Å². The highest BCUT2D eigenvalue weighted by Gasteiger charge is 2.19. The molecule has 5 nitrogen and oxygen atoms in total. The molecule has 0 saturated heterocycles. The van der Waals surface area contributed by atoms with Gasteiger partial charge in [0, 0.05) is 6.04 Å². The third kappa shape index (κ3) is 5.61. The van der Waals surface area contributed by atoms with Crippen molar-refractivity contribution in [3.05, 3.63) is 77.1 Å². The number of hydrogen-bond donors (Lipinski definition) is 2. The highest BCUT2D eigenvalue weighted by Crippen LogP contribution is 2.24. The van der Waals surface area contributed by atoms with Crippen LogP contribution in [0.5, 0.6) is 0 Å². The molecule has 1 atom stereocenters. The van der Waals surface area contributed by atoms with E-state index in [0.717, 1.165) is 35.6 Å². The van der Waals surface area contributed by atoms with Crippen LogP contribution in [0.2, 0.25) is 0 Å².